The number of fused-ring (bicyclic) bond motifs is 3. The molecule has 18 heavy (non-hydrogen) atoms. The summed E-state index contributed by atoms with van der Waals surface area (Å²) in [5.74, 6) is 0.178. The monoisotopic (exact) mass is 242 g/mol. The van der Waals surface area contributed by atoms with Crippen LogP contribution < -0.4 is 5.32 Å². The number of carbonyl (C=O) groups excluding carboxylic acids is 1. The Morgan fingerprint density at radius 3 is 3.06 bits per heavy atom. The van der Waals surface area contributed by atoms with Gasteiger partial charge in [0.2, 0.25) is 5.91 Å². The van der Waals surface area contributed by atoms with Crippen LogP contribution in [-0.2, 0) is 17.6 Å². The predicted octanol–water partition coefficient (Wildman–Crippen LogP) is 2.55. The highest BCUT2D eigenvalue weighted by atomic mass is 16.1. The van der Waals surface area contributed by atoms with Crippen molar-refractivity contribution >= 4 is 16.8 Å². The molecule has 1 aromatic heterocycles. The Hall–Kier alpha value is -1.77. The second-order valence-electron chi connectivity index (χ2n) is 5.05. The van der Waals surface area contributed by atoms with E-state index in [0.717, 1.165) is 19.3 Å². The number of aromatic amines is 1. The van der Waals surface area contributed by atoms with Gasteiger partial charge in [0.05, 0.1) is 0 Å². The highest BCUT2D eigenvalue weighted by molar-refractivity contribution is 5.85. The third-order valence-electron chi connectivity index (χ3n) is 3.65. The zero-order valence-electron chi connectivity index (χ0n) is 10.6. The summed E-state index contributed by atoms with van der Waals surface area (Å²) >= 11 is 0. The van der Waals surface area contributed by atoms with Crippen molar-refractivity contribution in [1.29, 1.82) is 0 Å². The minimum Gasteiger partial charge on any atom is -0.358 e. The van der Waals surface area contributed by atoms with E-state index in [-0.39, 0.29) is 11.9 Å². The molecular formula is C15H18N2O. The number of rotatable bonds is 3. The first-order valence-electron chi connectivity index (χ1n) is 6.65. The Bertz CT molecular complexity index is 585. The number of hydrogen-bond donors (Lipinski definition) is 2. The fourth-order valence-corrected chi connectivity index (χ4v) is 2.86. The summed E-state index contributed by atoms with van der Waals surface area (Å²) in [5, 5.41) is 4.42. The van der Waals surface area contributed by atoms with E-state index in [1.807, 2.05) is 6.92 Å². The van der Waals surface area contributed by atoms with Crippen molar-refractivity contribution in [1.82, 2.24) is 10.3 Å². The molecule has 0 fully saturated rings. The molecule has 0 spiro atoms. The van der Waals surface area contributed by atoms with Crippen molar-refractivity contribution in [3.05, 3.63) is 35.5 Å². The second kappa shape index (κ2) is 4.48. The van der Waals surface area contributed by atoms with Crippen LogP contribution in [0.2, 0.25) is 0 Å². The molecule has 2 aromatic rings. The summed E-state index contributed by atoms with van der Waals surface area (Å²) in [7, 11) is 0. The van der Waals surface area contributed by atoms with E-state index in [1.54, 1.807) is 0 Å². The normalized spacial score (nSPS) is 17.9. The number of hydrogen-bond acceptors (Lipinski definition) is 1. The molecule has 1 amide bonds. The maximum absolute atomic E-state index is 11.6. The van der Waals surface area contributed by atoms with E-state index in [1.165, 1.54) is 22.2 Å². The van der Waals surface area contributed by atoms with Gasteiger partial charge >= 0.3 is 0 Å². The minimum absolute atomic E-state index is 0.178. The van der Waals surface area contributed by atoms with Gasteiger partial charge in [-0.1, -0.05) is 25.1 Å². The number of carbonyl (C=O) groups is 1. The van der Waals surface area contributed by atoms with Crippen LogP contribution >= 0.6 is 0 Å². The molecule has 1 aliphatic rings. The third-order valence-corrected chi connectivity index (χ3v) is 3.65. The van der Waals surface area contributed by atoms with E-state index < -0.39 is 0 Å². The minimum atomic E-state index is 0.178. The molecule has 0 saturated heterocycles. The van der Waals surface area contributed by atoms with Crippen LogP contribution in [0.5, 0.6) is 0 Å². The molecule has 2 N–H and O–H groups in total. The predicted molar refractivity (Wildman–Crippen MR) is 72.5 cm³/mol. The number of amides is 1. The number of benzene rings is 1. The zero-order chi connectivity index (χ0) is 12.5. The molecule has 94 valence electrons. The van der Waals surface area contributed by atoms with Crippen molar-refractivity contribution in [2.45, 2.75) is 38.6 Å². The SMILES string of the molecule is CCCC(=O)NC1Cc2[nH]c3ccccc3c2C1. The van der Waals surface area contributed by atoms with Crippen LogP contribution in [0.1, 0.15) is 31.0 Å². The van der Waals surface area contributed by atoms with Gasteiger partial charge in [0.25, 0.3) is 0 Å². The molecule has 0 bridgehead atoms. The van der Waals surface area contributed by atoms with Gasteiger partial charge in [-0.3, -0.25) is 4.79 Å². The highest BCUT2D eigenvalue weighted by Crippen LogP contribution is 2.29. The number of aromatic nitrogens is 1. The molecule has 1 atom stereocenters. The summed E-state index contributed by atoms with van der Waals surface area (Å²) < 4.78 is 0. The van der Waals surface area contributed by atoms with Gasteiger partial charge in [-0.15, -0.1) is 0 Å². The number of H-pyrrole nitrogens is 1. The van der Waals surface area contributed by atoms with E-state index in [0.29, 0.717) is 6.42 Å². The topological polar surface area (TPSA) is 44.9 Å². The fraction of sp³-hybridized carbons (Fsp3) is 0.400. The Morgan fingerprint density at radius 2 is 2.22 bits per heavy atom. The second-order valence-corrected chi connectivity index (χ2v) is 5.05. The average molecular weight is 242 g/mol. The first kappa shape index (κ1) is 11.3. The van der Waals surface area contributed by atoms with Crippen LogP contribution in [-0.4, -0.2) is 16.9 Å². The molecule has 0 aliphatic heterocycles. The first-order valence-corrected chi connectivity index (χ1v) is 6.65. The Balaban J connectivity index is 1.78. The van der Waals surface area contributed by atoms with Gasteiger partial charge in [0, 0.05) is 35.5 Å². The van der Waals surface area contributed by atoms with Crippen molar-refractivity contribution in [3.63, 3.8) is 0 Å². The maximum atomic E-state index is 11.6. The van der Waals surface area contributed by atoms with Crippen LogP contribution in [0.4, 0.5) is 0 Å². The van der Waals surface area contributed by atoms with Gasteiger partial charge in [0.15, 0.2) is 0 Å². The molecule has 1 aromatic carbocycles. The Labute approximate surface area is 107 Å². The fourth-order valence-electron chi connectivity index (χ4n) is 2.86. The van der Waals surface area contributed by atoms with Crippen molar-refractivity contribution in [2.75, 3.05) is 0 Å². The number of nitrogens with one attached hydrogen (secondary N) is 2. The van der Waals surface area contributed by atoms with E-state index in [2.05, 4.69) is 34.6 Å². The summed E-state index contributed by atoms with van der Waals surface area (Å²) in [4.78, 5) is 15.1. The van der Waals surface area contributed by atoms with Crippen LogP contribution in [0.15, 0.2) is 24.3 Å². The van der Waals surface area contributed by atoms with Gasteiger partial charge in [0.1, 0.15) is 0 Å². The van der Waals surface area contributed by atoms with Gasteiger partial charge in [-0.05, 0) is 24.5 Å². The van der Waals surface area contributed by atoms with Gasteiger partial charge in [-0.2, -0.15) is 0 Å². The Morgan fingerprint density at radius 1 is 1.39 bits per heavy atom. The molecule has 1 heterocycles. The summed E-state index contributed by atoms with van der Waals surface area (Å²) in [5.41, 5.74) is 3.88. The molecule has 1 aliphatic carbocycles. The van der Waals surface area contributed by atoms with Crippen LogP contribution in [0.25, 0.3) is 10.9 Å². The van der Waals surface area contributed by atoms with E-state index >= 15 is 0 Å². The lowest BCUT2D eigenvalue weighted by atomic mass is 10.1. The zero-order valence-corrected chi connectivity index (χ0v) is 10.6. The molecule has 3 rings (SSSR count). The summed E-state index contributed by atoms with van der Waals surface area (Å²) in [6, 6.07) is 8.66. The van der Waals surface area contributed by atoms with Crippen molar-refractivity contribution < 1.29 is 4.79 Å². The van der Waals surface area contributed by atoms with Crippen molar-refractivity contribution in [2.24, 2.45) is 0 Å². The molecule has 1 unspecified atom stereocenters. The lowest BCUT2D eigenvalue weighted by Crippen LogP contribution is -2.35. The lowest BCUT2D eigenvalue weighted by molar-refractivity contribution is -0.121. The molecule has 3 nitrogen and oxygen atoms in total. The summed E-state index contributed by atoms with van der Waals surface area (Å²) in [6.45, 7) is 2.03. The average Bonchev–Trinajstić information content (AvgIpc) is 2.86. The van der Waals surface area contributed by atoms with E-state index in [9.17, 15) is 4.79 Å². The van der Waals surface area contributed by atoms with Crippen LogP contribution in [0, 0.1) is 0 Å². The third kappa shape index (κ3) is 1.90. The maximum Gasteiger partial charge on any atom is 0.220 e. The van der Waals surface area contributed by atoms with Crippen molar-refractivity contribution in [3.8, 4) is 0 Å². The van der Waals surface area contributed by atoms with Crippen LogP contribution in [0.3, 0.4) is 0 Å². The first-order chi connectivity index (χ1) is 8.78. The molecular weight excluding hydrogens is 224 g/mol. The van der Waals surface area contributed by atoms with Gasteiger partial charge < -0.3 is 10.3 Å². The quantitative estimate of drug-likeness (QED) is 0.853. The van der Waals surface area contributed by atoms with E-state index in [4.69, 9.17) is 0 Å². The summed E-state index contributed by atoms with van der Waals surface area (Å²) in [6.07, 6.45) is 3.42. The largest absolute Gasteiger partial charge is 0.358 e. The lowest BCUT2D eigenvalue weighted by Gasteiger charge is -2.11. The smallest absolute Gasteiger partial charge is 0.220 e. The molecule has 3 heteroatoms. The Kier molecular flexibility index (Phi) is 2.82. The number of para-hydroxylation sites is 1. The molecule has 0 saturated carbocycles. The standard InChI is InChI=1S/C15H18N2O/c1-2-5-15(18)16-10-8-12-11-6-3-4-7-13(11)17-14(12)9-10/h3-4,6-7,10,17H,2,5,8-9H2,1H3,(H,16,18). The molecule has 0 radical (unpaired) electrons. The highest BCUT2D eigenvalue weighted by Gasteiger charge is 2.26. The van der Waals surface area contributed by atoms with Gasteiger partial charge in [-0.25, -0.2) is 0 Å².